The van der Waals surface area contributed by atoms with Gasteiger partial charge in [-0.25, -0.2) is 8.42 Å². The Morgan fingerprint density at radius 2 is 2.15 bits per heavy atom. The van der Waals surface area contributed by atoms with Gasteiger partial charge in [0.2, 0.25) is 0 Å². The van der Waals surface area contributed by atoms with Gasteiger partial charge in [0.25, 0.3) is 0 Å². The Morgan fingerprint density at radius 3 is 2.80 bits per heavy atom. The van der Waals surface area contributed by atoms with Crippen molar-refractivity contribution < 1.29 is 13.2 Å². The first kappa shape index (κ1) is 15.3. The summed E-state index contributed by atoms with van der Waals surface area (Å²) in [5, 5.41) is -0.415. The van der Waals surface area contributed by atoms with Crippen molar-refractivity contribution in [1.82, 2.24) is 0 Å². The highest BCUT2D eigenvalue weighted by Crippen LogP contribution is 2.26. The Labute approximate surface area is 121 Å². The predicted octanol–water partition coefficient (Wildman–Crippen LogP) is 1.84. The molecule has 2 N–H and O–H groups in total. The van der Waals surface area contributed by atoms with Gasteiger partial charge in [-0.15, -0.1) is 0 Å². The standard InChI is InChI=1S/C15H23NO3S/c1-11-6-7-14(19-2)12(9-11)10-13(16)15-5-3-4-8-20(15,17)18/h6-7,9,13,15H,3-5,8,10,16H2,1-2H3. The summed E-state index contributed by atoms with van der Waals surface area (Å²) < 4.78 is 29.6. The lowest BCUT2D eigenvalue weighted by molar-refractivity contribution is 0.406. The number of rotatable bonds is 4. The van der Waals surface area contributed by atoms with E-state index in [2.05, 4.69) is 0 Å². The van der Waals surface area contributed by atoms with Crippen LogP contribution in [-0.4, -0.2) is 32.6 Å². The molecule has 2 unspecified atom stereocenters. The second-order valence-electron chi connectivity index (χ2n) is 5.58. The zero-order valence-corrected chi connectivity index (χ0v) is 12.9. The number of sulfone groups is 1. The van der Waals surface area contributed by atoms with E-state index in [0.29, 0.717) is 12.8 Å². The average molecular weight is 297 g/mol. The monoisotopic (exact) mass is 297 g/mol. The predicted molar refractivity (Wildman–Crippen MR) is 80.8 cm³/mol. The maximum Gasteiger partial charge on any atom is 0.154 e. The highest BCUT2D eigenvalue weighted by atomic mass is 32.2. The third-order valence-electron chi connectivity index (χ3n) is 4.00. The van der Waals surface area contributed by atoms with Gasteiger partial charge in [-0.05, 0) is 37.8 Å². The number of hydrogen-bond acceptors (Lipinski definition) is 4. The molecule has 1 aliphatic heterocycles. The van der Waals surface area contributed by atoms with Crippen LogP contribution in [-0.2, 0) is 16.3 Å². The van der Waals surface area contributed by atoms with Gasteiger partial charge < -0.3 is 10.5 Å². The molecular formula is C15H23NO3S. The summed E-state index contributed by atoms with van der Waals surface area (Å²) in [5.74, 6) is 1.05. The Kier molecular flexibility index (Phi) is 4.70. The van der Waals surface area contributed by atoms with E-state index < -0.39 is 15.1 Å². The van der Waals surface area contributed by atoms with Crippen LogP contribution < -0.4 is 10.5 Å². The molecule has 2 atom stereocenters. The second kappa shape index (κ2) is 6.14. The van der Waals surface area contributed by atoms with Crippen molar-refractivity contribution in [3.63, 3.8) is 0 Å². The molecule has 20 heavy (non-hydrogen) atoms. The van der Waals surface area contributed by atoms with Crippen molar-refractivity contribution in [3.8, 4) is 5.75 Å². The topological polar surface area (TPSA) is 69.4 Å². The van der Waals surface area contributed by atoms with Gasteiger partial charge in [0.05, 0.1) is 18.1 Å². The van der Waals surface area contributed by atoms with E-state index in [1.165, 1.54) is 0 Å². The smallest absolute Gasteiger partial charge is 0.154 e. The van der Waals surface area contributed by atoms with Gasteiger partial charge in [-0.1, -0.05) is 24.1 Å². The first-order valence-electron chi connectivity index (χ1n) is 7.04. The zero-order valence-electron chi connectivity index (χ0n) is 12.1. The molecule has 0 radical (unpaired) electrons. The van der Waals surface area contributed by atoms with Gasteiger partial charge in [0.15, 0.2) is 9.84 Å². The minimum atomic E-state index is -3.04. The molecule has 1 heterocycles. The van der Waals surface area contributed by atoms with Gasteiger partial charge in [0, 0.05) is 6.04 Å². The minimum absolute atomic E-state index is 0.274. The molecule has 112 valence electrons. The van der Waals surface area contributed by atoms with E-state index in [1.807, 2.05) is 25.1 Å². The molecule has 2 rings (SSSR count). The molecule has 0 amide bonds. The van der Waals surface area contributed by atoms with Crippen LogP contribution in [0.4, 0.5) is 0 Å². The summed E-state index contributed by atoms with van der Waals surface area (Å²) in [6.07, 6.45) is 2.92. The maximum atomic E-state index is 12.1. The number of benzene rings is 1. The third kappa shape index (κ3) is 3.33. The van der Waals surface area contributed by atoms with Crippen molar-refractivity contribution in [2.45, 2.75) is 43.9 Å². The van der Waals surface area contributed by atoms with Crippen LogP contribution in [0.2, 0.25) is 0 Å². The fraction of sp³-hybridized carbons (Fsp3) is 0.600. The van der Waals surface area contributed by atoms with Crippen molar-refractivity contribution >= 4 is 9.84 Å². The minimum Gasteiger partial charge on any atom is -0.496 e. The highest BCUT2D eigenvalue weighted by Gasteiger charge is 2.33. The quantitative estimate of drug-likeness (QED) is 0.920. The van der Waals surface area contributed by atoms with Crippen LogP contribution in [0.3, 0.4) is 0 Å². The Hall–Kier alpha value is -1.07. The van der Waals surface area contributed by atoms with E-state index in [0.717, 1.165) is 29.7 Å². The number of nitrogens with two attached hydrogens (primary N) is 1. The molecule has 0 bridgehead atoms. The number of methoxy groups -OCH3 is 1. The fourth-order valence-corrected chi connectivity index (χ4v) is 4.98. The summed E-state index contributed by atoms with van der Waals surface area (Å²) in [7, 11) is -1.42. The van der Waals surface area contributed by atoms with Gasteiger partial charge >= 0.3 is 0 Å². The van der Waals surface area contributed by atoms with Crippen LogP contribution in [0.25, 0.3) is 0 Å². The van der Waals surface area contributed by atoms with E-state index >= 15 is 0 Å². The SMILES string of the molecule is COc1ccc(C)cc1CC(N)C1CCCCS1(=O)=O. The summed E-state index contributed by atoms with van der Waals surface area (Å²) in [5.41, 5.74) is 8.31. The van der Waals surface area contributed by atoms with Crippen molar-refractivity contribution in [2.24, 2.45) is 5.73 Å². The molecule has 1 aliphatic rings. The van der Waals surface area contributed by atoms with Gasteiger partial charge in [0.1, 0.15) is 5.75 Å². The zero-order chi connectivity index (χ0) is 14.8. The van der Waals surface area contributed by atoms with Gasteiger partial charge in [-0.2, -0.15) is 0 Å². The van der Waals surface area contributed by atoms with Crippen LogP contribution in [0.1, 0.15) is 30.4 Å². The summed E-state index contributed by atoms with van der Waals surface area (Å²) in [4.78, 5) is 0. The Balaban J connectivity index is 2.19. The molecule has 1 aromatic rings. The van der Waals surface area contributed by atoms with Gasteiger partial charge in [-0.3, -0.25) is 0 Å². The van der Waals surface area contributed by atoms with Crippen molar-refractivity contribution in [2.75, 3.05) is 12.9 Å². The van der Waals surface area contributed by atoms with E-state index in [4.69, 9.17) is 10.5 Å². The molecule has 5 heteroatoms. The fourth-order valence-electron chi connectivity index (χ4n) is 2.91. The normalized spacial score (nSPS) is 23.2. The van der Waals surface area contributed by atoms with Crippen molar-refractivity contribution in [1.29, 1.82) is 0 Å². The van der Waals surface area contributed by atoms with E-state index in [9.17, 15) is 8.42 Å². The van der Waals surface area contributed by atoms with E-state index in [1.54, 1.807) is 7.11 Å². The van der Waals surface area contributed by atoms with Crippen LogP contribution in [0.15, 0.2) is 18.2 Å². The van der Waals surface area contributed by atoms with E-state index in [-0.39, 0.29) is 11.8 Å². The maximum absolute atomic E-state index is 12.1. The first-order valence-corrected chi connectivity index (χ1v) is 8.76. The molecule has 0 aromatic heterocycles. The molecule has 1 aromatic carbocycles. The molecule has 1 fully saturated rings. The Bertz CT molecular complexity index is 568. The van der Waals surface area contributed by atoms with Crippen LogP contribution in [0, 0.1) is 6.92 Å². The lowest BCUT2D eigenvalue weighted by Crippen LogP contribution is -2.44. The van der Waals surface area contributed by atoms with Crippen LogP contribution >= 0.6 is 0 Å². The summed E-state index contributed by atoms with van der Waals surface area (Å²) in [6.45, 7) is 2.01. The molecule has 0 spiro atoms. The van der Waals surface area contributed by atoms with Crippen molar-refractivity contribution in [3.05, 3.63) is 29.3 Å². The largest absolute Gasteiger partial charge is 0.496 e. The first-order chi connectivity index (χ1) is 9.44. The summed E-state index contributed by atoms with van der Waals surface area (Å²) >= 11 is 0. The number of ether oxygens (including phenoxy) is 1. The molecule has 0 aliphatic carbocycles. The lowest BCUT2D eigenvalue weighted by Gasteiger charge is -2.28. The number of aryl methyl sites for hydroxylation is 1. The molecule has 0 saturated carbocycles. The molecular weight excluding hydrogens is 274 g/mol. The third-order valence-corrected chi connectivity index (χ3v) is 6.36. The second-order valence-corrected chi connectivity index (χ2v) is 7.92. The highest BCUT2D eigenvalue weighted by molar-refractivity contribution is 7.92. The summed E-state index contributed by atoms with van der Waals surface area (Å²) in [6, 6.07) is 5.54. The Morgan fingerprint density at radius 1 is 1.40 bits per heavy atom. The lowest BCUT2D eigenvalue weighted by atomic mass is 9.98. The molecule has 1 saturated heterocycles. The number of hydrogen-bond donors (Lipinski definition) is 1. The van der Waals surface area contributed by atoms with Crippen LogP contribution in [0.5, 0.6) is 5.75 Å². The average Bonchev–Trinajstić information content (AvgIpc) is 2.38. The molecule has 4 nitrogen and oxygen atoms in total.